The molecule has 0 unspecified atom stereocenters. The van der Waals surface area contributed by atoms with Gasteiger partial charge in [0, 0.05) is 45.5 Å². The monoisotopic (exact) mass is 1070 g/mol. The molecule has 2 aromatic carbocycles. The second-order valence-corrected chi connectivity index (χ2v) is 16.6. The molecule has 76 heavy (non-hydrogen) atoms. The number of carbonyl (C=O) groups excluding carboxylic acids is 2. The summed E-state index contributed by atoms with van der Waals surface area (Å²) in [6.45, 7) is 13.7. The van der Waals surface area contributed by atoms with E-state index in [1.807, 2.05) is 13.8 Å². The van der Waals surface area contributed by atoms with Gasteiger partial charge in [-0.05, 0) is 75.9 Å². The van der Waals surface area contributed by atoms with E-state index >= 15 is 0 Å². The van der Waals surface area contributed by atoms with Crippen molar-refractivity contribution in [2.45, 2.75) is 120 Å². The highest BCUT2D eigenvalue weighted by Crippen LogP contribution is 2.31. The van der Waals surface area contributed by atoms with Crippen LogP contribution >= 0.6 is 0 Å². The van der Waals surface area contributed by atoms with Crippen molar-refractivity contribution in [1.82, 2.24) is 57.3 Å². The first-order valence-corrected chi connectivity index (χ1v) is 23.8. The number of ether oxygens (including phenoxy) is 2. The number of esters is 1. The van der Waals surface area contributed by atoms with Crippen LogP contribution in [0.15, 0.2) is 92.5 Å². The molecule has 8 aromatic rings. The number of hydrogen-bond donors (Lipinski definition) is 1. The predicted octanol–water partition coefficient (Wildman–Crippen LogP) is 8.18. The average molecular weight is 1070 g/mol. The van der Waals surface area contributed by atoms with Gasteiger partial charge in [-0.2, -0.15) is 36.5 Å². The van der Waals surface area contributed by atoms with Crippen molar-refractivity contribution in [2.24, 2.45) is 0 Å². The molecule has 0 saturated heterocycles. The van der Waals surface area contributed by atoms with Gasteiger partial charge in [0.2, 0.25) is 0 Å². The lowest BCUT2D eigenvalue weighted by Gasteiger charge is -2.10. The largest absolute Gasteiger partial charge is 0.466 e. The van der Waals surface area contributed by atoms with Crippen LogP contribution in [0.25, 0.3) is 45.1 Å². The Hall–Kier alpha value is -8.32. The number of rotatable bonds is 14. The molecule has 0 bridgehead atoms. The quantitative estimate of drug-likeness (QED) is 0.0805. The summed E-state index contributed by atoms with van der Waals surface area (Å²) in [6.07, 6.45) is -2.59. The van der Waals surface area contributed by atoms with Gasteiger partial charge in [-0.25, -0.2) is 28.9 Å². The normalized spacial score (nSPS) is 11.4. The first-order valence-electron chi connectivity index (χ1n) is 23.8. The molecule has 20 nitrogen and oxygen atoms in total. The first-order chi connectivity index (χ1) is 35.6. The molecule has 0 aliphatic carbocycles. The number of aromatic nitrogens is 12. The van der Waals surface area contributed by atoms with Gasteiger partial charge in [-0.1, -0.05) is 45.5 Å². The summed E-state index contributed by atoms with van der Waals surface area (Å²) in [7, 11) is 0. The molecule has 0 atom stereocenters. The van der Waals surface area contributed by atoms with E-state index in [-0.39, 0.29) is 74.3 Å². The van der Waals surface area contributed by atoms with Crippen LogP contribution in [0.3, 0.4) is 0 Å². The smallest absolute Gasteiger partial charge is 0.420 e. The lowest BCUT2D eigenvalue weighted by Crippen LogP contribution is -2.40. The molecule has 0 spiro atoms. The lowest BCUT2D eigenvalue weighted by atomic mass is 10.1. The highest BCUT2D eigenvalue weighted by Gasteiger charge is 2.32. The van der Waals surface area contributed by atoms with Crippen LogP contribution < -0.4 is 22.5 Å². The Labute approximate surface area is 429 Å². The number of alkyl halides is 6. The predicted molar refractivity (Wildman–Crippen MR) is 270 cm³/mol. The van der Waals surface area contributed by atoms with E-state index in [1.54, 1.807) is 46.0 Å². The SMILES string of the molecule is C.CCCn1c(=O)c2[nH]c(-c3cnn(Cc4cccc(C(F)(F)F)c4)c3)nc2n(CC)c1=O.CCCn1c(=O)c2c(nc(-c3cnn(Cc4cccc(C(F)(F)F)c4)c3)n2C(=O)OCC)n(CC)c1=O.CCOC(C)=O. The van der Waals surface area contributed by atoms with Crippen LogP contribution in [0.1, 0.15) is 91.0 Å². The Balaban J connectivity index is 0.000000252. The minimum absolute atomic E-state index is 0. The third kappa shape index (κ3) is 12.9. The molecule has 1 N–H and O–H groups in total. The highest BCUT2D eigenvalue weighted by molar-refractivity contribution is 5.90. The Kier molecular flexibility index (Phi) is 19.1. The number of halogens is 6. The summed E-state index contributed by atoms with van der Waals surface area (Å²) in [5.41, 5.74) is -1.48. The summed E-state index contributed by atoms with van der Waals surface area (Å²) in [5.74, 6) is 0.164. The summed E-state index contributed by atoms with van der Waals surface area (Å²) >= 11 is 0. The molecular weight excluding hydrogens is 1010 g/mol. The van der Waals surface area contributed by atoms with Crippen LogP contribution in [0.5, 0.6) is 0 Å². The topological polar surface area (TPSA) is 223 Å². The number of H-pyrrole nitrogens is 1. The number of nitrogens with zero attached hydrogens (tertiary/aromatic N) is 11. The number of fused-ring (bicyclic) bond motifs is 2. The summed E-state index contributed by atoms with van der Waals surface area (Å²) in [4.78, 5) is 86.4. The zero-order chi connectivity index (χ0) is 54.9. The Morgan fingerprint density at radius 2 is 1.12 bits per heavy atom. The van der Waals surface area contributed by atoms with E-state index < -0.39 is 52.1 Å². The third-order valence-corrected chi connectivity index (χ3v) is 11.2. The molecule has 408 valence electrons. The maximum Gasteiger partial charge on any atom is 0.420 e. The second kappa shape index (κ2) is 24.8. The number of aromatic amines is 1. The fraction of sp³-hybridized carbons (Fsp3) is 0.400. The van der Waals surface area contributed by atoms with E-state index in [0.29, 0.717) is 60.6 Å². The van der Waals surface area contributed by atoms with Crippen molar-refractivity contribution >= 4 is 34.4 Å². The van der Waals surface area contributed by atoms with Gasteiger partial charge in [-0.3, -0.25) is 42.0 Å². The van der Waals surface area contributed by atoms with E-state index in [0.717, 1.165) is 33.4 Å². The molecule has 0 saturated carbocycles. The van der Waals surface area contributed by atoms with Gasteiger partial charge >= 0.3 is 35.8 Å². The number of imidazole rings is 2. The minimum atomic E-state index is -4.48. The van der Waals surface area contributed by atoms with E-state index in [4.69, 9.17) is 4.74 Å². The molecule has 26 heteroatoms. The lowest BCUT2D eigenvalue weighted by molar-refractivity contribution is -0.140. The number of carbonyl (C=O) groups is 2. The van der Waals surface area contributed by atoms with Gasteiger partial charge in [0.05, 0.1) is 61.0 Å². The molecular formula is C50H58F6N12O8. The van der Waals surface area contributed by atoms with Crippen molar-refractivity contribution in [3.05, 3.63) is 137 Å². The summed E-state index contributed by atoms with van der Waals surface area (Å²) in [5, 5.41) is 8.41. The molecule has 0 aliphatic heterocycles. The van der Waals surface area contributed by atoms with Crippen LogP contribution in [-0.2, 0) is 65.9 Å². The van der Waals surface area contributed by atoms with Gasteiger partial charge in [-0.15, -0.1) is 0 Å². The fourth-order valence-corrected chi connectivity index (χ4v) is 7.92. The number of benzene rings is 2. The van der Waals surface area contributed by atoms with Crippen LogP contribution in [0.4, 0.5) is 31.1 Å². The zero-order valence-electron chi connectivity index (χ0n) is 42.0. The van der Waals surface area contributed by atoms with Crippen molar-refractivity contribution in [2.75, 3.05) is 13.2 Å². The Bertz CT molecular complexity index is 3570. The molecule has 0 aliphatic rings. The van der Waals surface area contributed by atoms with Gasteiger partial charge in [0.15, 0.2) is 22.6 Å². The standard InChI is InChI=1S/C24H25F3N6O4.C21H21F3N6O2.C4H8O2.CH4/c1-4-10-32-21(34)18-20(31(5-2)22(32)35)29-19(33(18)23(36)37-6-3)16-12-28-30(14-16)13-15-8-7-9-17(11-15)24(25,26)27;1-3-8-30-19(31)16-18(29(4-2)20(30)32)27-17(26-16)14-10-25-28(12-14)11-13-6-5-7-15(9-13)21(22,23)24;1-3-6-4(2)5;/h7-9,11-12,14H,4-6,10,13H2,1-3H3;5-7,9-10,12H,3-4,8,11H2,1-2H3,(H,26,27);3H2,1-2H3;1H4. The second-order valence-electron chi connectivity index (χ2n) is 16.6. The number of aryl methyl sites for hydroxylation is 2. The summed E-state index contributed by atoms with van der Waals surface area (Å²) in [6, 6.07) is 9.92. The Morgan fingerprint density at radius 3 is 1.58 bits per heavy atom. The molecule has 0 fully saturated rings. The number of nitrogens with one attached hydrogen (secondary N) is 1. The average Bonchev–Trinajstić information content (AvgIpc) is 4.19. The molecule has 6 aromatic heterocycles. The van der Waals surface area contributed by atoms with Gasteiger partial charge in [0.1, 0.15) is 11.3 Å². The van der Waals surface area contributed by atoms with Crippen molar-refractivity contribution < 1.29 is 45.4 Å². The van der Waals surface area contributed by atoms with E-state index in [1.165, 1.54) is 60.7 Å². The maximum atomic E-state index is 13.3. The summed E-state index contributed by atoms with van der Waals surface area (Å²) < 4.78 is 96.6. The Morgan fingerprint density at radius 1 is 0.632 bits per heavy atom. The van der Waals surface area contributed by atoms with Gasteiger partial charge < -0.3 is 14.5 Å². The highest BCUT2D eigenvalue weighted by atomic mass is 19.4. The zero-order valence-corrected chi connectivity index (χ0v) is 42.0. The number of hydrogen-bond acceptors (Lipinski definition) is 12. The van der Waals surface area contributed by atoms with Crippen LogP contribution in [0, 0.1) is 0 Å². The minimum Gasteiger partial charge on any atom is -0.466 e. The van der Waals surface area contributed by atoms with E-state index in [2.05, 4.69) is 29.9 Å². The van der Waals surface area contributed by atoms with Crippen LogP contribution in [0.2, 0.25) is 0 Å². The third-order valence-electron chi connectivity index (χ3n) is 11.2. The molecule has 6 heterocycles. The fourth-order valence-electron chi connectivity index (χ4n) is 7.92. The van der Waals surface area contributed by atoms with E-state index in [9.17, 15) is 55.1 Å². The van der Waals surface area contributed by atoms with Crippen molar-refractivity contribution in [3.63, 3.8) is 0 Å². The van der Waals surface area contributed by atoms with Crippen molar-refractivity contribution in [3.8, 4) is 22.8 Å². The van der Waals surface area contributed by atoms with Gasteiger partial charge in [0.25, 0.3) is 11.1 Å². The first kappa shape index (κ1) is 58.6. The molecule has 0 radical (unpaired) electrons. The van der Waals surface area contributed by atoms with Crippen LogP contribution in [-0.4, -0.2) is 82.6 Å². The molecule has 0 amide bonds. The molecule has 8 rings (SSSR count). The van der Waals surface area contributed by atoms with Crippen molar-refractivity contribution in [1.29, 1.82) is 0 Å². The maximum absolute atomic E-state index is 13.3.